The fourth-order valence-corrected chi connectivity index (χ4v) is 2.19. The van der Waals surface area contributed by atoms with Gasteiger partial charge in [-0.25, -0.2) is 8.42 Å². The molecule has 0 radical (unpaired) electrons. The van der Waals surface area contributed by atoms with Crippen LogP contribution in [-0.2, 0) is 16.4 Å². The topological polar surface area (TPSA) is 70.6 Å². The normalized spacial score (nSPS) is 15.2. The van der Waals surface area contributed by atoms with Crippen LogP contribution in [0.25, 0.3) is 0 Å². The van der Waals surface area contributed by atoms with Crippen molar-refractivity contribution in [1.82, 2.24) is 10.6 Å². The Labute approximate surface area is 101 Å². The standard InChI is InChI=1S/C11H15N3O2S/c1-17(15,16)10-4-2-9(3-5-10)8-14-11-12-6-7-13-11/h2-5H,6-8H2,1H3,(H2,12,13,14). The second kappa shape index (κ2) is 4.75. The number of rotatable bonds is 3. The van der Waals surface area contributed by atoms with Crippen molar-refractivity contribution in [3.05, 3.63) is 29.8 Å². The van der Waals surface area contributed by atoms with Gasteiger partial charge in [0.25, 0.3) is 0 Å². The number of guanidine groups is 1. The number of hydrogen-bond donors (Lipinski definition) is 2. The Bertz CT molecular complexity index is 520. The van der Waals surface area contributed by atoms with Gasteiger partial charge in [0.15, 0.2) is 15.8 Å². The molecular weight excluding hydrogens is 238 g/mol. The summed E-state index contributed by atoms with van der Waals surface area (Å²) >= 11 is 0. The molecule has 0 amide bonds. The highest BCUT2D eigenvalue weighted by atomic mass is 32.2. The summed E-state index contributed by atoms with van der Waals surface area (Å²) in [6.07, 6.45) is 1.21. The molecule has 0 saturated heterocycles. The largest absolute Gasteiger partial charge is 0.355 e. The van der Waals surface area contributed by atoms with Gasteiger partial charge in [-0.2, -0.15) is 0 Å². The third-order valence-electron chi connectivity index (χ3n) is 2.49. The molecule has 5 nitrogen and oxygen atoms in total. The van der Waals surface area contributed by atoms with E-state index in [-0.39, 0.29) is 0 Å². The first-order chi connectivity index (χ1) is 8.05. The Hall–Kier alpha value is -1.56. The monoisotopic (exact) mass is 253 g/mol. The first-order valence-corrected chi connectivity index (χ1v) is 7.26. The third kappa shape index (κ3) is 3.20. The molecule has 0 aromatic heterocycles. The van der Waals surface area contributed by atoms with Gasteiger partial charge in [0, 0.05) is 19.3 Å². The lowest BCUT2D eigenvalue weighted by atomic mass is 10.2. The lowest BCUT2D eigenvalue weighted by molar-refractivity contribution is 0.602. The van der Waals surface area contributed by atoms with Gasteiger partial charge in [-0.1, -0.05) is 12.1 Å². The van der Waals surface area contributed by atoms with Gasteiger partial charge in [-0.05, 0) is 17.7 Å². The van der Waals surface area contributed by atoms with E-state index in [1.165, 1.54) is 6.26 Å². The van der Waals surface area contributed by atoms with Crippen molar-refractivity contribution in [3.63, 3.8) is 0 Å². The van der Waals surface area contributed by atoms with Gasteiger partial charge in [0.1, 0.15) is 0 Å². The molecule has 0 bridgehead atoms. The molecule has 6 heteroatoms. The molecule has 0 atom stereocenters. The predicted octanol–water partition coefficient (Wildman–Crippen LogP) is 0.139. The zero-order valence-electron chi connectivity index (χ0n) is 9.60. The maximum Gasteiger partial charge on any atom is 0.191 e. The highest BCUT2D eigenvalue weighted by Crippen LogP contribution is 2.10. The molecule has 92 valence electrons. The van der Waals surface area contributed by atoms with Crippen LogP contribution in [0.3, 0.4) is 0 Å². The van der Waals surface area contributed by atoms with Crippen molar-refractivity contribution in [2.45, 2.75) is 11.4 Å². The van der Waals surface area contributed by atoms with Crippen molar-refractivity contribution >= 4 is 15.8 Å². The predicted molar refractivity (Wildman–Crippen MR) is 66.7 cm³/mol. The lowest BCUT2D eigenvalue weighted by Gasteiger charge is -2.07. The molecule has 2 N–H and O–H groups in total. The van der Waals surface area contributed by atoms with Gasteiger partial charge in [-0.3, -0.25) is 4.99 Å². The average molecular weight is 253 g/mol. The Balaban J connectivity index is 1.98. The number of hydrogen-bond acceptors (Lipinski definition) is 5. The molecule has 1 aliphatic heterocycles. The molecule has 0 spiro atoms. The van der Waals surface area contributed by atoms with Gasteiger partial charge < -0.3 is 10.6 Å². The van der Waals surface area contributed by atoms with Crippen LogP contribution in [0, 0.1) is 0 Å². The van der Waals surface area contributed by atoms with E-state index < -0.39 is 9.84 Å². The van der Waals surface area contributed by atoms with Crippen molar-refractivity contribution in [3.8, 4) is 0 Å². The number of sulfone groups is 1. The Morgan fingerprint density at radius 3 is 2.59 bits per heavy atom. The van der Waals surface area contributed by atoms with Gasteiger partial charge >= 0.3 is 0 Å². The molecular formula is C11H15N3O2S. The fraction of sp³-hybridized carbons (Fsp3) is 0.364. The summed E-state index contributed by atoms with van der Waals surface area (Å²) in [6, 6.07) is 6.85. The van der Waals surface area contributed by atoms with E-state index in [1.807, 2.05) is 0 Å². The van der Waals surface area contributed by atoms with E-state index in [9.17, 15) is 8.42 Å². The lowest BCUT2D eigenvalue weighted by Crippen LogP contribution is -2.33. The molecule has 0 unspecified atom stereocenters. The fourth-order valence-electron chi connectivity index (χ4n) is 1.56. The molecule has 0 aliphatic carbocycles. The van der Waals surface area contributed by atoms with E-state index in [0.717, 1.165) is 24.6 Å². The minimum Gasteiger partial charge on any atom is -0.355 e. The van der Waals surface area contributed by atoms with Crippen LogP contribution in [0.4, 0.5) is 0 Å². The Morgan fingerprint density at radius 2 is 2.06 bits per heavy atom. The second-order valence-electron chi connectivity index (χ2n) is 3.93. The zero-order chi connectivity index (χ0) is 12.3. The third-order valence-corrected chi connectivity index (χ3v) is 3.61. The number of nitrogens with zero attached hydrogens (tertiary/aromatic N) is 1. The van der Waals surface area contributed by atoms with Crippen LogP contribution >= 0.6 is 0 Å². The zero-order valence-corrected chi connectivity index (χ0v) is 10.4. The Morgan fingerprint density at radius 1 is 1.35 bits per heavy atom. The smallest absolute Gasteiger partial charge is 0.191 e. The van der Waals surface area contributed by atoms with Crippen molar-refractivity contribution in [2.75, 3.05) is 19.3 Å². The van der Waals surface area contributed by atoms with E-state index >= 15 is 0 Å². The summed E-state index contributed by atoms with van der Waals surface area (Å²) in [5.74, 6) is 0.803. The van der Waals surface area contributed by atoms with Crippen LogP contribution < -0.4 is 10.6 Å². The molecule has 1 aromatic carbocycles. The van der Waals surface area contributed by atoms with Crippen LogP contribution in [0.5, 0.6) is 0 Å². The average Bonchev–Trinajstić information content (AvgIpc) is 2.78. The van der Waals surface area contributed by atoms with E-state index in [4.69, 9.17) is 0 Å². The summed E-state index contributed by atoms with van der Waals surface area (Å²) in [6.45, 7) is 2.31. The minimum absolute atomic E-state index is 0.345. The van der Waals surface area contributed by atoms with Crippen LogP contribution in [0.1, 0.15) is 5.56 Å². The van der Waals surface area contributed by atoms with E-state index in [0.29, 0.717) is 11.4 Å². The first-order valence-electron chi connectivity index (χ1n) is 5.37. The van der Waals surface area contributed by atoms with Crippen molar-refractivity contribution < 1.29 is 8.42 Å². The van der Waals surface area contributed by atoms with Crippen LogP contribution in [-0.4, -0.2) is 33.7 Å². The highest BCUT2D eigenvalue weighted by Gasteiger charge is 2.07. The SMILES string of the molecule is CS(=O)(=O)c1ccc(CNC2=NCCN2)cc1. The first kappa shape index (κ1) is 11.9. The molecule has 1 heterocycles. The summed E-state index contributed by atoms with van der Waals surface area (Å²) in [5.41, 5.74) is 1.02. The van der Waals surface area contributed by atoms with E-state index in [1.54, 1.807) is 24.3 Å². The van der Waals surface area contributed by atoms with Crippen molar-refractivity contribution in [1.29, 1.82) is 0 Å². The molecule has 1 aliphatic rings. The maximum atomic E-state index is 11.3. The molecule has 17 heavy (non-hydrogen) atoms. The summed E-state index contributed by atoms with van der Waals surface area (Å²) in [7, 11) is -3.11. The maximum absolute atomic E-state index is 11.3. The van der Waals surface area contributed by atoms with Gasteiger partial charge in [-0.15, -0.1) is 0 Å². The number of nitrogens with one attached hydrogen (secondary N) is 2. The number of benzene rings is 1. The minimum atomic E-state index is -3.11. The second-order valence-corrected chi connectivity index (χ2v) is 5.94. The van der Waals surface area contributed by atoms with Crippen molar-refractivity contribution in [2.24, 2.45) is 4.99 Å². The van der Waals surface area contributed by atoms with Gasteiger partial charge in [0.05, 0.1) is 11.4 Å². The summed E-state index contributed by atoms with van der Waals surface area (Å²) in [4.78, 5) is 4.55. The highest BCUT2D eigenvalue weighted by molar-refractivity contribution is 7.90. The molecule has 2 rings (SSSR count). The number of aliphatic imine (C=N–C) groups is 1. The molecule has 0 saturated carbocycles. The van der Waals surface area contributed by atoms with Crippen LogP contribution in [0.2, 0.25) is 0 Å². The molecule has 0 fully saturated rings. The Kier molecular flexibility index (Phi) is 3.33. The summed E-state index contributed by atoms with van der Waals surface area (Å²) < 4.78 is 22.5. The summed E-state index contributed by atoms with van der Waals surface area (Å²) in [5, 5.41) is 6.25. The quantitative estimate of drug-likeness (QED) is 0.804. The van der Waals surface area contributed by atoms with E-state index in [2.05, 4.69) is 15.6 Å². The molecule has 1 aromatic rings. The van der Waals surface area contributed by atoms with Crippen LogP contribution in [0.15, 0.2) is 34.2 Å². The van der Waals surface area contributed by atoms with Gasteiger partial charge in [0.2, 0.25) is 0 Å².